The Bertz CT molecular complexity index is 1330. The summed E-state index contributed by atoms with van der Waals surface area (Å²) in [5.41, 5.74) is 7.56. The van der Waals surface area contributed by atoms with Crippen molar-refractivity contribution in [3.63, 3.8) is 0 Å². The lowest BCUT2D eigenvalue weighted by Gasteiger charge is -2.32. The van der Waals surface area contributed by atoms with Gasteiger partial charge in [0.25, 0.3) is 5.56 Å². The summed E-state index contributed by atoms with van der Waals surface area (Å²) in [6.07, 6.45) is 3.47. The summed E-state index contributed by atoms with van der Waals surface area (Å²) in [4.78, 5) is 33.0. The van der Waals surface area contributed by atoms with E-state index < -0.39 is 17.1 Å². The standard InChI is InChI=1S/C20H18N4O5/c1-20(2)6-10-11(8-28-20)15(12-4-3-5-27-12)23-18-14(10)16-17(29-18)19(26)24(9-22-16)7-13(21)25/h3-5,9H,6-8H2,1-2H3,(H2,21,25). The summed E-state index contributed by atoms with van der Waals surface area (Å²) >= 11 is 0. The van der Waals surface area contributed by atoms with Gasteiger partial charge in [0, 0.05) is 12.0 Å². The number of carbonyl (C=O) groups is 1. The molecule has 4 aromatic heterocycles. The zero-order valence-corrected chi connectivity index (χ0v) is 15.9. The first-order valence-corrected chi connectivity index (χ1v) is 9.13. The van der Waals surface area contributed by atoms with Crippen molar-refractivity contribution in [2.24, 2.45) is 5.73 Å². The average Bonchev–Trinajstić information content (AvgIpc) is 3.30. The monoisotopic (exact) mass is 394 g/mol. The molecule has 0 aromatic carbocycles. The van der Waals surface area contributed by atoms with Crippen LogP contribution in [0, 0.1) is 0 Å². The Morgan fingerprint density at radius 2 is 2.17 bits per heavy atom. The van der Waals surface area contributed by atoms with Gasteiger partial charge in [-0.3, -0.25) is 14.2 Å². The van der Waals surface area contributed by atoms with E-state index in [1.807, 2.05) is 19.9 Å². The van der Waals surface area contributed by atoms with Crippen LogP contribution in [-0.4, -0.2) is 26.0 Å². The number of rotatable bonds is 3. The summed E-state index contributed by atoms with van der Waals surface area (Å²) in [5.74, 6) is -0.0510. The van der Waals surface area contributed by atoms with Crippen molar-refractivity contribution in [1.29, 1.82) is 0 Å². The lowest BCUT2D eigenvalue weighted by atomic mass is 9.89. The van der Waals surface area contributed by atoms with E-state index in [2.05, 4.69) is 9.97 Å². The molecule has 1 aliphatic heterocycles. The van der Waals surface area contributed by atoms with E-state index >= 15 is 0 Å². The Kier molecular flexibility index (Phi) is 3.66. The Balaban J connectivity index is 1.86. The Hall–Kier alpha value is -3.46. The number of nitrogens with zero attached hydrogens (tertiary/aromatic N) is 3. The number of ether oxygens (including phenoxy) is 1. The molecule has 0 saturated heterocycles. The van der Waals surface area contributed by atoms with Gasteiger partial charge in [0.15, 0.2) is 5.76 Å². The van der Waals surface area contributed by atoms with Crippen LogP contribution in [0.4, 0.5) is 0 Å². The molecule has 0 unspecified atom stereocenters. The van der Waals surface area contributed by atoms with Crippen molar-refractivity contribution in [3.8, 4) is 11.5 Å². The van der Waals surface area contributed by atoms with Crippen LogP contribution in [0.5, 0.6) is 0 Å². The highest BCUT2D eigenvalue weighted by molar-refractivity contribution is 6.04. The van der Waals surface area contributed by atoms with Gasteiger partial charge in [0.05, 0.1) is 30.2 Å². The minimum absolute atomic E-state index is 0.0411. The predicted molar refractivity (Wildman–Crippen MR) is 103 cm³/mol. The number of pyridine rings is 1. The number of fused-ring (bicyclic) bond motifs is 5. The van der Waals surface area contributed by atoms with E-state index in [0.29, 0.717) is 41.1 Å². The molecule has 29 heavy (non-hydrogen) atoms. The number of hydrogen-bond donors (Lipinski definition) is 1. The van der Waals surface area contributed by atoms with Crippen LogP contribution in [0.3, 0.4) is 0 Å². The zero-order chi connectivity index (χ0) is 20.3. The van der Waals surface area contributed by atoms with E-state index in [1.165, 1.54) is 6.33 Å². The van der Waals surface area contributed by atoms with Crippen LogP contribution in [0.25, 0.3) is 33.7 Å². The van der Waals surface area contributed by atoms with Crippen LogP contribution in [0.15, 0.2) is 38.4 Å². The van der Waals surface area contributed by atoms with Crippen molar-refractivity contribution in [1.82, 2.24) is 14.5 Å². The molecule has 4 aromatic rings. The topological polar surface area (TPSA) is 126 Å². The summed E-state index contributed by atoms with van der Waals surface area (Å²) < 4.78 is 18.5. The van der Waals surface area contributed by atoms with E-state index in [-0.39, 0.29) is 12.1 Å². The molecule has 0 atom stereocenters. The first-order chi connectivity index (χ1) is 13.8. The summed E-state index contributed by atoms with van der Waals surface area (Å²) in [7, 11) is 0. The Morgan fingerprint density at radius 1 is 1.34 bits per heavy atom. The molecule has 5 rings (SSSR count). The largest absolute Gasteiger partial charge is 0.463 e. The molecule has 0 aliphatic carbocycles. The second-order valence-corrected chi connectivity index (χ2v) is 7.72. The third-order valence-electron chi connectivity index (χ3n) is 5.10. The molecule has 0 radical (unpaired) electrons. The molecule has 1 amide bonds. The average molecular weight is 394 g/mol. The molecule has 148 valence electrons. The lowest BCUT2D eigenvalue weighted by Crippen LogP contribution is -2.32. The van der Waals surface area contributed by atoms with E-state index in [0.717, 1.165) is 15.7 Å². The molecule has 9 nitrogen and oxygen atoms in total. The number of nitrogens with two attached hydrogens (primary N) is 1. The number of carbonyl (C=O) groups excluding carboxylic acids is 1. The van der Waals surface area contributed by atoms with Crippen molar-refractivity contribution >= 4 is 28.1 Å². The van der Waals surface area contributed by atoms with E-state index in [4.69, 9.17) is 19.3 Å². The number of amides is 1. The van der Waals surface area contributed by atoms with Gasteiger partial charge in [-0.1, -0.05) is 0 Å². The quantitative estimate of drug-likeness (QED) is 0.564. The predicted octanol–water partition coefficient (Wildman–Crippen LogP) is 2.13. The van der Waals surface area contributed by atoms with Crippen LogP contribution < -0.4 is 11.3 Å². The molecular formula is C20H18N4O5. The normalized spacial score (nSPS) is 15.7. The van der Waals surface area contributed by atoms with Gasteiger partial charge in [0.1, 0.15) is 17.8 Å². The highest BCUT2D eigenvalue weighted by Crippen LogP contribution is 2.40. The van der Waals surface area contributed by atoms with Crippen molar-refractivity contribution in [3.05, 3.63) is 46.2 Å². The third-order valence-corrected chi connectivity index (χ3v) is 5.10. The maximum Gasteiger partial charge on any atom is 0.297 e. The maximum absolute atomic E-state index is 12.8. The maximum atomic E-state index is 12.8. The van der Waals surface area contributed by atoms with Crippen LogP contribution >= 0.6 is 0 Å². The number of hydrogen-bond acceptors (Lipinski definition) is 7. The molecule has 2 N–H and O–H groups in total. The van der Waals surface area contributed by atoms with Crippen LogP contribution in [0.1, 0.15) is 25.0 Å². The summed E-state index contributed by atoms with van der Waals surface area (Å²) in [6.45, 7) is 4.09. The van der Waals surface area contributed by atoms with Gasteiger partial charge in [-0.2, -0.15) is 0 Å². The molecule has 1 aliphatic rings. The SMILES string of the molecule is CC1(C)Cc2c(c(-c3ccco3)nc3oc4c(=O)n(CC(N)=O)cnc4c23)CO1. The molecular weight excluding hydrogens is 376 g/mol. The van der Waals surface area contributed by atoms with Gasteiger partial charge in [0.2, 0.25) is 17.2 Å². The molecule has 0 saturated carbocycles. The van der Waals surface area contributed by atoms with E-state index in [9.17, 15) is 9.59 Å². The van der Waals surface area contributed by atoms with Gasteiger partial charge in [-0.15, -0.1) is 0 Å². The van der Waals surface area contributed by atoms with Gasteiger partial charge in [-0.25, -0.2) is 9.97 Å². The van der Waals surface area contributed by atoms with Gasteiger partial charge >= 0.3 is 0 Å². The Morgan fingerprint density at radius 3 is 2.90 bits per heavy atom. The highest BCUT2D eigenvalue weighted by Gasteiger charge is 2.33. The number of furan rings is 2. The fraction of sp³-hybridized carbons (Fsp3) is 0.300. The van der Waals surface area contributed by atoms with Crippen molar-refractivity contribution < 1.29 is 18.4 Å². The smallest absolute Gasteiger partial charge is 0.297 e. The highest BCUT2D eigenvalue weighted by atomic mass is 16.5. The van der Waals surface area contributed by atoms with Crippen LogP contribution in [-0.2, 0) is 29.1 Å². The molecule has 5 heterocycles. The summed E-state index contributed by atoms with van der Waals surface area (Å²) in [6, 6.07) is 3.60. The molecule has 0 bridgehead atoms. The minimum atomic E-state index is -0.640. The first kappa shape index (κ1) is 17.6. The fourth-order valence-electron chi connectivity index (χ4n) is 3.80. The molecule has 0 fully saturated rings. The van der Waals surface area contributed by atoms with Crippen molar-refractivity contribution in [2.45, 2.75) is 39.0 Å². The van der Waals surface area contributed by atoms with Gasteiger partial charge in [-0.05, 0) is 31.5 Å². The first-order valence-electron chi connectivity index (χ1n) is 9.13. The van der Waals surface area contributed by atoms with Crippen molar-refractivity contribution in [2.75, 3.05) is 0 Å². The molecule has 0 spiro atoms. The van der Waals surface area contributed by atoms with Gasteiger partial charge < -0.3 is 19.3 Å². The lowest BCUT2D eigenvalue weighted by molar-refractivity contribution is -0.118. The van der Waals surface area contributed by atoms with Crippen LogP contribution in [0.2, 0.25) is 0 Å². The number of aromatic nitrogens is 3. The number of primary amides is 1. The fourth-order valence-corrected chi connectivity index (χ4v) is 3.80. The second-order valence-electron chi connectivity index (χ2n) is 7.72. The minimum Gasteiger partial charge on any atom is -0.463 e. The van der Waals surface area contributed by atoms with E-state index in [1.54, 1.807) is 12.3 Å². The summed E-state index contributed by atoms with van der Waals surface area (Å²) in [5, 5.41) is 0.685. The molecule has 9 heteroatoms. The third kappa shape index (κ3) is 2.73. The Labute approximate surface area is 164 Å². The second kappa shape index (κ2) is 6.02. The zero-order valence-electron chi connectivity index (χ0n) is 15.9.